The molecule has 0 radical (unpaired) electrons. The highest BCUT2D eigenvalue weighted by atomic mass is 35.5. The lowest BCUT2D eigenvalue weighted by atomic mass is 10.3. The predicted molar refractivity (Wildman–Crippen MR) is 47.8 cm³/mol. The van der Waals surface area contributed by atoms with Gasteiger partial charge in [0.05, 0.1) is 10.7 Å². The molecule has 1 rings (SSSR count). The van der Waals surface area contributed by atoms with Gasteiger partial charge >= 0.3 is 0 Å². The smallest absolute Gasteiger partial charge is 0.103 e. The molecule has 0 saturated heterocycles. The van der Waals surface area contributed by atoms with Gasteiger partial charge in [-0.2, -0.15) is 0 Å². The maximum atomic E-state index is 10.4. The first-order chi connectivity index (χ1) is 5.20. The fourth-order valence-corrected chi connectivity index (χ4v) is 0.965. The Kier molecular flexibility index (Phi) is 2.68. The van der Waals surface area contributed by atoms with E-state index in [2.05, 4.69) is 17.9 Å². The summed E-state index contributed by atoms with van der Waals surface area (Å²) in [6.45, 7) is 0. The third kappa shape index (κ3) is 2.37. The van der Waals surface area contributed by atoms with Crippen LogP contribution >= 0.6 is 11.6 Å². The number of nitrogens with one attached hydrogen (secondary N) is 1. The van der Waals surface area contributed by atoms with Gasteiger partial charge in [0.15, 0.2) is 0 Å². The maximum Gasteiger partial charge on any atom is 0.103 e. The molecule has 1 aromatic carbocycles. The van der Waals surface area contributed by atoms with E-state index in [-0.39, 0.29) is 0 Å². The number of carbonyl (C=O) groups excluding carboxylic acids is 1. The number of rotatable bonds is 1. The van der Waals surface area contributed by atoms with Crippen molar-refractivity contribution in [1.29, 1.82) is 0 Å². The van der Waals surface area contributed by atoms with E-state index in [0.29, 0.717) is 10.7 Å². The first-order valence-electron chi connectivity index (χ1n) is 2.92. The molecule has 2 nitrogen and oxygen atoms in total. The van der Waals surface area contributed by atoms with Crippen LogP contribution in [0.3, 0.4) is 0 Å². The lowest BCUT2D eigenvalue weighted by molar-refractivity contribution is 0.270. The van der Waals surface area contributed by atoms with E-state index in [4.69, 9.17) is 11.6 Å². The van der Waals surface area contributed by atoms with Crippen LogP contribution in [0.1, 0.15) is 0 Å². The highest BCUT2D eigenvalue weighted by Crippen LogP contribution is 2.19. The van der Waals surface area contributed by atoms with Crippen molar-refractivity contribution in [2.45, 2.75) is 0 Å². The van der Waals surface area contributed by atoms with E-state index in [1.165, 1.54) is 0 Å². The Hall–Kier alpha value is -0.800. The monoisotopic (exact) mass is 186 g/mol. The van der Waals surface area contributed by atoms with E-state index in [0.717, 1.165) is 0 Å². The lowest BCUT2D eigenvalue weighted by Gasteiger charge is -2.08. The standard InChI is InChI=1S/C7H6ClNOS/c8-5-3-1-2-4-6(5)9-7(10)11/h1-4H,(H2,9,10,11)/p-1. The molecular formula is C7H5ClNOS-. The van der Waals surface area contributed by atoms with Crippen molar-refractivity contribution in [3.8, 4) is 0 Å². The van der Waals surface area contributed by atoms with Crippen molar-refractivity contribution in [1.82, 2.24) is 0 Å². The zero-order valence-corrected chi connectivity index (χ0v) is 7.08. The first-order valence-corrected chi connectivity index (χ1v) is 3.71. The fourth-order valence-electron chi connectivity index (χ4n) is 0.673. The largest absolute Gasteiger partial charge is 0.719 e. The second-order valence-electron chi connectivity index (χ2n) is 1.89. The molecule has 0 bridgehead atoms. The van der Waals surface area contributed by atoms with Gasteiger partial charge in [-0.05, 0) is 12.1 Å². The molecule has 58 valence electrons. The van der Waals surface area contributed by atoms with Crippen molar-refractivity contribution < 1.29 is 4.79 Å². The molecule has 0 aromatic heterocycles. The van der Waals surface area contributed by atoms with E-state index < -0.39 is 5.24 Å². The van der Waals surface area contributed by atoms with Gasteiger partial charge in [-0.1, -0.05) is 23.7 Å². The van der Waals surface area contributed by atoms with Crippen LogP contribution in [0.25, 0.3) is 0 Å². The lowest BCUT2D eigenvalue weighted by Crippen LogP contribution is -2.04. The van der Waals surface area contributed by atoms with E-state index in [9.17, 15) is 4.79 Å². The molecule has 1 N–H and O–H groups in total. The quantitative estimate of drug-likeness (QED) is 0.683. The van der Waals surface area contributed by atoms with E-state index in [1.807, 2.05) is 0 Å². The molecule has 11 heavy (non-hydrogen) atoms. The third-order valence-corrected chi connectivity index (χ3v) is 1.54. The van der Waals surface area contributed by atoms with Crippen LogP contribution in [0.5, 0.6) is 0 Å². The molecule has 0 aliphatic rings. The molecular weight excluding hydrogens is 182 g/mol. The van der Waals surface area contributed by atoms with Gasteiger partial charge in [0.25, 0.3) is 0 Å². The Labute approximate surface area is 75.0 Å². The molecule has 1 aromatic rings. The van der Waals surface area contributed by atoms with Gasteiger partial charge < -0.3 is 22.7 Å². The first kappa shape index (κ1) is 8.30. The number of para-hydroxylation sites is 1. The average molecular weight is 187 g/mol. The SMILES string of the molecule is O=C([S-])Nc1ccccc1Cl. The molecule has 0 spiro atoms. The zero-order valence-electron chi connectivity index (χ0n) is 5.50. The summed E-state index contributed by atoms with van der Waals surface area (Å²) in [5.41, 5.74) is 0.550. The van der Waals surface area contributed by atoms with Crippen molar-refractivity contribution >= 4 is 35.2 Å². The molecule has 0 fully saturated rings. The van der Waals surface area contributed by atoms with Crippen LogP contribution in [-0.4, -0.2) is 5.24 Å². The minimum absolute atomic E-state index is 0.491. The topological polar surface area (TPSA) is 29.1 Å². The summed E-state index contributed by atoms with van der Waals surface area (Å²) in [6.07, 6.45) is 0. The van der Waals surface area contributed by atoms with Crippen LogP contribution in [0.2, 0.25) is 5.02 Å². The number of anilines is 1. The second-order valence-corrected chi connectivity index (χ2v) is 2.67. The highest BCUT2D eigenvalue weighted by molar-refractivity contribution is 7.77. The van der Waals surface area contributed by atoms with Crippen LogP contribution in [0.4, 0.5) is 10.5 Å². The molecule has 0 saturated carbocycles. The molecule has 0 atom stereocenters. The number of halogens is 1. The Morgan fingerprint density at radius 3 is 2.64 bits per heavy atom. The third-order valence-electron chi connectivity index (χ3n) is 1.11. The summed E-state index contributed by atoms with van der Waals surface area (Å²) in [7, 11) is 0. The fraction of sp³-hybridized carbons (Fsp3) is 0. The Bertz CT molecular complexity index is 277. The Morgan fingerprint density at radius 2 is 2.09 bits per heavy atom. The number of hydrogen-bond acceptors (Lipinski definition) is 2. The Balaban J connectivity index is 2.86. The van der Waals surface area contributed by atoms with Crippen molar-refractivity contribution in [3.63, 3.8) is 0 Å². The normalized spacial score (nSPS) is 9.18. The van der Waals surface area contributed by atoms with Gasteiger partial charge in [0, 0.05) is 0 Å². The number of carbonyl (C=O) groups is 1. The molecule has 0 aliphatic carbocycles. The van der Waals surface area contributed by atoms with Gasteiger partial charge in [0.1, 0.15) is 5.24 Å². The van der Waals surface area contributed by atoms with Crippen molar-refractivity contribution in [2.24, 2.45) is 0 Å². The summed E-state index contributed by atoms with van der Waals surface area (Å²) in [6, 6.07) is 6.92. The van der Waals surface area contributed by atoms with Crippen LogP contribution in [0, 0.1) is 0 Å². The second kappa shape index (κ2) is 3.55. The van der Waals surface area contributed by atoms with Crippen molar-refractivity contribution in [3.05, 3.63) is 29.3 Å². The van der Waals surface area contributed by atoms with Gasteiger partial charge in [-0.15, -0.1) is 0 Å². The molecule has 0 aliphatic heterocycles. The molecule has 0 unspecified atom stereocenters. The predicted octanol–water partition coefficient (Wildman–Crippen LogP) is 2.42. The summed E-state index contributed by atoms with van der Waals surface area (Å²) < 4.78 is 0. The van der Waals surface area contributed by atoms with Gasteiger partial charge in [-0.3, -0.25) is 0 Å². The molecule has 1 amide bonds. The number of amides is 1. The number of hydrogen-bond donors (Lipinski definition) is 1. The summed E-state index contributed by atoms with van der Waals surface area (Å²) in [5.74, 6) is 0. The summed E-state index contributed by atoms with van der Waals surface area (Å²) in [4.78, 5) is 10.4. The minimum atomic E-state index is -0.530. The van der Waals surface area contributed by atoms with Crippen LogP contribution < -0.4 is 5.32 Å². The van der Waals surface area contributed by atoms with E-state index in [1.54, 1.807) is 24.3 Å². The van der Waals surface area contributed by atoms with Crippen molar-refractivity contribution in [2.75, 3.05) is 5.32 Å². The summed E-state index contributed by atoms with van der Waals surface area (Å²) >= 11 is 10.0. The minimum Gasteiger partial charge on any atom is -0.719 e. The molecule has 0 heterocycles. The summed E-state index contributed by atoms with van der Waals surface area (Å²) in [5, 5.41) is 2.38. The Morgan fingerprint density at radius 1 is 1.45 bits per heavy atom. The van der Waals surface area contributed by atoms with E-state index >= 15 is 0 Å². The van der Waals surface area contributed by atoms with Gasteiger partial charge in [0.2, 0.25) is 0 Å². The average Bonchev–Trinajstić information content (AvgIpc) is 1.93. The zero-order chi connectivity index (χ0) is 8.27. The molecule has 4 heteroatoms. The van der Waals surface area contributed by atoms with Crippen LogP contribution in [0.15, 0.2) is 24.3 Å². The maximum absolute atomic E-state index is 10.4. The van der Waals surface area contributed by atoms with Gasteiger partial charge in [-0.25, -0.2) is 0 Å². The van der Waals surface area contributed by atoms with Crippen LogP contribution in [-0.2, 0) is 12.6 Å². The number of benzene rings is 1. The highest BCUT2D eigenvalue weighted by Gasteiger charge is 1.95.